The van der Waals surface area contributed by atoms with E-state index in [4.69, 9.17) is 4.74 Å². The van der Waals surface area contributed by atoms with Gasteiger partial charge in [0, 0.05) is 35.2 Å². The number of para-hydroxylation sites is 1. The van der Waals surface area contributed by atoms with Crippen LogP contribution in [0.2, 0.25) is 0 Å². The molecule has 0 unspecified atom stereocenters. The predicted molar refractivity (Wildman–Crippen MR) is 136 cm³/mol. The number of anilines is 1. The first-order valence-corrected chi connectivity index (χ1v) is 12.5. The molecular weight excluding hydrogens is 408 g/mol. The lowest BCUT2D eigenvalue weighted by molar-refractivity contribution is -0.153. The Kier molecular flexibility index (Phi) is 5.72. The molecule has 1 aliphatic heterocycles. The molecule has 3 aromatic rings. The highest BCUT2D eigenvalue weighted by Gasteiger charge is 2.31. The van der Waals surface area contributed by atoms with Gasteiger partial charge in [-0.2, -0.15) is 0 Å². The van der Waals surface area contributed by atoms with Crippen molar-refractivity contribution in [2.24, 2.45) is 0 Å². The van der Waals surface area contributed by atoms with Gasteiger partial charge in [0.25, 0.3) is 0 Å². The first-order valence-electron chi connectivity index (χ1n) is 12.5. The minimum absolute atomic E-state index is 0.169. The lowest BCUT2D eigenvalue weighted by atomic mass is 9.81. The van der Waals surface area contributed by atoms with Crippen LogP contribution < -0.4 is 4.90 Å². The van der Waals surface area contributed by atoms with Gasteiger partial charge in [0.05, 0.1) is 5.69 Å². The van der Waals surface area contributed by atoms with Crippen molar-refractivity contribution < 1.29 is 9.53 Å². The van der Waals surface area contributed by atoms with Crippen LogP contribution >= 0.6 is 0 Å². The SMILES string of the molecule is Cc1ccc2c(C3CCCCC3)c3n(c2c1)CCN(CC(=O)OC(C)(C)C)c1ccccc1-3. The highest BCUT2D eigenvalue weighted by Crippen LogP contribution is 2.47. The summed E-state index contributed by atoms with van der Waals surface area (Å²) in [4.78, 5) is 15.0. The fraction of sp³-hybridized carbons (Fsp3) is 0.483. The van der Waals surface area contributed by atoms with Crippen molar-refractivity contribution in [2.45, 2.75) is 77.9 Å². The Morgan fingerprint density at radius 1 is 1.03 bits per heavy atom. The summed E-state index contributed by atoms with van der Waals surface area (Å²) < 4.78 is 8.20. The van der Waals surface area contributed by atoms with Crippen LogP contribution in [0.5, 0.6) is 0 Å². The summed E-state index contributed by atoms with van der Waals surface area (Å²) in [6, 6.07) is 15.6. The van der Waals surface area contributed by atoms with Crippen molar-refractivity contribution in [2.75, 3.05) is 18.0 Å². The van der Waals surface area contributed by atoms with E-state index in [9.17, 15) is 4.79 Å². The Hall–Kier alpha value is -2.75. The first kappa shape index (κ1) is 22.1. The van der Waals surface area contributed by atoms with Crippen LogP contribution in [0.1, 0.15) is 69.9 Å². The van der Waals surface area contributed by atoms with Gasteiger partial charge in [0.1, 0.15) is 12.1 Å². The number of aromatic nitrogens is 1. The van der Waals surface area contributed by atoms with E-state index < -0.39 is 5.60 Å². The van der Waals surface area contributed by atoms with Gasteiger partial charge in [-0.15, -0.1) is 0 Å². The van der Waals surface area contributed by atoms with Gasteiger partial charge >= 0.3 is 5.97 Å². The molecule has 4 heteroatoms. The van der Waals surface area contributed by atoms with Crippen molar-refractivity contribution in [3.05, 3.63) is 53.6 Å². The van der Waals surface area contributed by atoms with Gasteiger partial charge in [-0.05, 0) is 69.7 Å². The third kappa shape index (κ3) is 4.28. The molecule has 2 aromatic carbocycles. The van der Waals surface area contributed by atoms with Crippen LogP contribution in [0.3, 0.4) is 0 Å². The highest BCUT2D eigenvalue weighted by atomic mass is 16.6. The summed E-state index contributed by atoms with van der Waals surface area (Å²) in [5.41, 5.74) is 7.42. The van der Waals surface area contributed by atoms with Crippen molar-refractivity contribution in [3.63, 3.8) is 0 Å². The van der Waals surface area contributed by atoms with Crippen LogP contribution in [0.15, 0.2) is 42.5 Å². The molecule has 2 heterocycles. The number of benzene rings is 2. The molecule has 1 aliphatic carbocycles. The molecule has 0 N–H and O–H groups in total. The Balaban J connectivity index is 1.65. The minimum atomic E-state index is -0.477. The Morgan fingerprint density at radius 2 is 1.79 bits per heavy atom. The van der Waals surface area contributed by atoms with E-state index in [1.165, 1.54) is 65.4 Å². The van der Waals surface area contributed by atoms with Gasteiger partial charge in [0.15, 0.2) is 0 Å². The molecule has 174 valence electrons. The number of ether oxygens (including phenoxy) is 1. The van der Waals surface area contributed by atoms with Crippen LogP contribution in [-0.2, 0) is 16.1 Å². The Bertz CT molecular complexity index is 1180. The van der Waals surface area contributed by atoms with Gasteiger partial charge in [-0.3, -0.25) is 4.79 Å². The van der Waals surface area contributed by atoms with Crippen LogP contribution in [0.4, 0.5) is 5.69 Å². The molecule has 0 radical (unpaired) electrons. The maximum absolute atomic E-state index is 12.8. The third-order valence-corrected chi connectivity index (χ3v) is 7.11. The number of hydrogen-bond donors (Lipinski definition) is 0. The number of carbonyl (C=O) groups is 1. The van der Waals surface area contributed by atoms with Crippen molar-refractivity contribution in [1.82, 2.24) is 4.57 Å². The van der Waals surface area contributed by atoms with Crippen molar-refractivity contribution >= 4 is 22.6 Å². The van der Waals surface area contributed by atoms with Gasteiger partial charge in [-0.25, -0.2) is 0 Å². The second kappa shape index (κ2) is 8.55. The molecule has 0 amide bonds. The Morgan fingerprint density at radius 3 is 2.55 bits per heavy atom. The third-order valence-electron chi connectivity index (χ3n) is 7.11. The summed E-state index contributed by atoms with van der Waals surface area (Å²) in [6.07, 6.45) is 6.52. The summed E-state index contributed by atoms with van der Waals surface area (Å²) in [5, 5.41) is 1.41. The topological polar surface area (TPSA) is 34.5 Å². The van der Waals surface area contributed by atoms with E-state index in [2.05, 4.69) is 58.9 Å². The Labute approximate surface area is 197 Å². The molecule has 0 saturated heterocycles. The van der Waals surface area contributed by atoms with Gasteiger partial charge in [0.2, 0.25) is 0 Å². The average Bonchev–Trinajstić information content (AvgIpc) is 3.00. The standard InChI is InChI=1S/C29H36N2O2/c1-20-14-15-22-25(18-20)31-17-16-30(19-26(32)33-29(2,3)4)24-13-9-8-12-23(24)28(31)27(22)21-10-6-5-7-11-21/h8-9,12-15,18,21H,5-7,10-11,16-17,19H2,1-4H3. The zero-order chi connectivity index (χ0) is 23.2. The van der Waals surface area contributed by atoms with E-state index in [1.54, 1.807) is 0 Å². The summed E-state index contributed by atoms with van der Waals surface area (Å²) >= 11 is 0. The molecule has 0 bridgehead atoms. The average molecular weight is 445 g/mol. The largest absolute Gasteiger partial charge is 0.459 e. The van der Waals surface area contributed by atoms with E-state index in [1.807, 2.05) is 20.8 Å². The predicted octanol–water partition coefficient (Wildman–Crippen LogP) is 6.83. The van der Waals surface area contributed by atoms with Crippen molar-refractivity contribution in [3.8, 4) is 11.3 Å². The molecule has 0 atom stereocenters. The number of nitrogens with zero attached hydrogens (tertiary/aromatic N) is 2. The number of aryl methyl sites for hydroxylation is 1. The number of rotatable bonds is 3. The lowest BCUT2D eigenvalue weighted by Crippen LogP contribution is -2.36. The zero-order valence-electron chi connectivity index (χ0n) is 20.5. The zero-order valence-corrected chi connectivity index (χ0v) is 20.5. The summed E-state index contributed by atoms with van der Waals surface area (Å²) in [6.45, 7) is 9.88. The van der Waals surface area contributed by atoms with E-state index in [0.29, 0.717) is 5.92 Å². The van der Waals surface area contributed by atoms with E-state index in [0.717, 1.165) is 18.8 Å². The van der Waals surface area contributed by atoms with Gasteiger partial charge in [-0.1, -0.05) is 49.6 Å². The number of fused-ring (bicyclic) bond motifs is 5. The lowest BCUT2D eigenvalue weighted by Gasteiger charge is -2.27. The van der Waals surface area contributed by atoms with Crippen LogP contribution in [0, 0.1) is 6.92 Å². The molecule has 2 aliphatic rings. The quantitative estimate of drug-likeness (QED) is 0.415. The highest BCUT2D eigenvalue weighted by molar-refractivity contribution is 5.96. The fourth-order valence-electron chi connectivity index (χ4n) is 5.80. The molecule has 1 fully saturated rings. The van der Waals surface area contributed by atoms with Gasteiger partial charge < -0.3 is 14.2 Å². The van der Waals surface area contributed by atoms with E-state index >= 15 is 0 Å². The molecular formula is C29H36N2O2. The first-order chi connectivity index (χ1) is 15.8. The summed E-state index contributed by atoms with van der Waals surface area (Å²) in [5.74, 6) is 0.433. The van der Waals surface area contributed by atoms with Crippen LogP contribution in [0.25, 0.3) is 22.2 Å². The minimum Gasteiger partial charge on any atom is -0.459 e. The summed E-state index contributed by atoms with van der Waals surface area (Å²) in [7, 11) is 0. The molecule has 5 rings (SSSR count). The number of hydrogen-bond acceptors (Lipinski definition) is 3. The fourth-order valence-corrected chi connectivity index (χ4v) is 5.80. The van der Waals surface area contributed by atoms with E-state index in [-0.39, 0.29) is 12.5 Å². The maximum Gasteiger partial charge on any atom is 0.326 e. The molecule has 1 aromatic heterocycles. The normalized spacial score (nSPS) is 16.9. The second-order valence-corrected chi connectivity index (χ2v) is 10.8. The number of esters is 1. The molecule has 4 nitrogen and oxygen atoms in total. The second-order valence-electron chi connectivity index (χ2n) is 10.8. The molecule has 0 spiro atoms. The smallest absolute Gasteiger partial charge is 0.326 e. The maximum atomic E-state index is 12.8. The number of carbonyl (C=O) groups excluding carboxylic acids is 1. The monoisotopic (exact) mass is 444 g/mol. The van der Waals surface area contributed by atoms with Crippen LogP contribution in [-0.4, -0.2) is 29.2 Å². The van der Waals surface area contributed by atoms with Crippen molar-refractivity contribution in [1.29, 1.82) is 0 Å². The molecule has 1 saturated carbocycles. The molecule has 33 heavy (non-hydrogen) atoms.